The van der Waals surface area contributed by atoms with Crippen molar-refractivity contribution in [1.29, 1.82) is 0 Å². The number of hydrogen-bond donors (Lipinski definition) is 0. The summed E-state index contributed by atoms with van der Waals surface area (Å²) < 4.78 is 0. The molecule has 2 heteroatoms. The summed E-state index contributed by atoms with van der Waals surface area (Å²) in [5.74, 6) is 0. The minimum atomic E-state index is -1.24. The predicted octanol–water partition coefficient (Wildman–Crippen LogP) is 1.01. The molecule has 0 nitrogen and oxygen atoms in total. The van der Waals surface area contributed by atoms with E-state index in [1.165, 1.54) is 12.3 Å². The van der Waals surface area contributed by atoms with Gasteiger partial charge in [-0.1, -0.05) is 36.4 Å². The van der Waals surface area contributed by atoms with Crippen LogP contribution in [0.4, 0.5) is 0 Å². The Hall–Kier alpha value is -0.660. The first-order valence-corrected chi connectivity index (χ1v) is 9.02. The summed E-state index contributed by atoms with van der Waals surface area (Å²) in [7, 11) is -1.24. The van der Waals surface area contributed by atoms with E-state index >= 15 is 0 Å². The predicted molar refractivity (Wildman–Crippen MR) is 87.2 cm³/mol. The number of halogens is 1. The average Bonchev–Trinajstić information content (AvgIpc) is 2.78. The fraction of sp³-hybridized carbons (Fsp3) is 0.222. The summed E-state index contributed by atoms with van der Waals surface area (Å²) in [5.41, 5.74) is 3.20. The second kappa shape index (κ2) is 6.41. The lowest BCUT2D eigenvalue weighted by Gasteiger charge is -2.23. The standard InChI is InChI=1S/C18H20P.HI/c1-15-13-19(14-16(15)2,17-9-5-3-6-10-17)18-11-7-4-8-12-18;/h3-12H,13-14H2,1-2H3;1H/q+1;/p-1. The van der Waals surface area contributed by atoms with Crippen LogP contribution >= 0.6 is 7.26 Å². The van der Waals surface area contributed by atoms with Gasteiger partial charge in [-0.25, -0.2) is 0 Å². The van der Waals surface area contributed by atoms with Crippen molar-refractivity contribution in [3.63, 3.8) is 0 Å². The number of rotatable bonds is 2. The number of hydrogen-bond acceptors (Lipinski definition) is 0. The Labute approximate surface area is 139 Å². The maximum atomic E-state index is 2.33. The van der Waals surface area contributed by atoms with Gasteiger partial charge in [0.05, 0.1) is 30.2 Å². The van der Waals surface area contributed by atoms with Gasteiger partial charge >= 0.3 is 0 Å². The zero-order chi connectivity index (χ0) is 13.3. The first kappa shape index (κ1) is 15.7. The number of benzene rings is 2. The Morgan fingerprint density at radius 1 is 0.650 bits per heavy atom. The minimum absolute atomic E-state index is 0. The van der Waals surface area contributed by atoms with Crippen LogP contribution in [0.1, 0.15) is 13.8 Å². The molecule has 0 atom stereocenters. The van der Waals surface area contributed by atoms with Gasteiger partial charge in [-0.3, -0.25) is 0 Å². The molecule has 2 aromatic rings. The molecule has 0 saturated carbocycles. The van der Waals surface area contributed by atoms with Crippen LogP contribution in [0.5, 0.6) is 0 Å². The van der Waals surface area contributed by atoms with Crippen molar-refractivity contribution in [3.05, 3.63) is 71.8 Å². The molecule has 0 saturated heterocycles. The second-order valence-electron chi connectivity index (χ2n) is 5.52. The zero-order valence-corrected chi connectivity index (χ0v) is 15.1. The van der Waals surface area contributed by atoms with Crippen molar-refractivity contribution in [2.75, 3.05) is 12.3 Å². The lowest BCUT2D eigenvalue weighted by atomic mass is 10.2. The molecule has 20 heavy (non-hydrogen) atoms. The van der Waals surface area contributed by atoms with Gasteiger partial charge in [0.15, 0.2) is 0 Å². The van der Waals surface area contributed by atoms with Gasteiger partial charge in [-0.15, -0.1) is 0 Å². The maximum Gasteiger partial charge on any atom is 0.0998 e. The molecule has 0 amide bonds. The van der Waals surface area contributed by atoms with Crippen molar-refractivity contribution < 1.29 is 24.0 Å². The van der Waals surface area contributed by atoms with Gasteiger partial charge in [0, 0.05) is 0 Å². The molecule has 0 radical (unpaired) electrons. The van der Waals surface area contributed by atoms with Crippen LogP contribution in [-0.2, 0) is 0 Å². The molecular formula is C18H20IP. The average molecular weight is 394 g/mol. The van der Waals surface area contributed by atoms with Crippen LogP contribution in [0.25, 0.3) is 0 Å². The third kappa shape index (κ3) is 2.71. The Kier molecular flexibility index (Phi) is 5.04. The van der Waals surface area contributed by atoms with E-state index in [-0.39, 0.29) is 24.0 Å². The van der Waals surface area contributed by atoms with E-state index in [1.807, 2.05) is 0 Å². The largest absolute Gasteiger partial charge is 1.00 e. The van der Waals surface area contributed by atoms with Crippen molar-refractivity contribution in [2.45, 2.75) is 13.8 Å². The Morgan fingerprint density at radius 3 is 1.35 bits per heavy atom. The summed E-state index contributed by atoms with van der Waals surface area (Å²) in [5, 5.41) is 3.11. The summed E-state index contributed by atoms with van der Waals surface area (Å²) in [6, 6.07) is 22.3. The Bertz CT molecular complexity index is 546. The zero-order valence-electron chi connectivity index (χ0n) is 12.0. The highest BCUT2D eigenvalue weighted by molar-refractivity contribution is 7.90. The molecule has 0 aliphatic carbocycles. The van der Waals surface area contributed by atoms with Crippen LogP contribution in [0.3, 0.4) is 0 Å². The topological polar surface area (TPSA) is 0 Å². The van der Waals surface area contributed by atoms with Gasteiger partial charge in [0.2, 0.25) is 0 Å². The van der Waals surface area contributed by atoms with Crippen molar-refractivity contribution in [3.8, 4) is 0 Å². The molecule has 104 valence electrons. The van der Waals surface area contributed by atoms with Crippen molar-refractivity contribution in [2.24, 2.45) is 0 Å². The van der Waals surface area contributed by atoms with E-state index in [9.17, 15) is 0 Å². The van der Waals surface area contributed by atoms with E-state index in [1.54, 1.807) is 21.8 Å². The molecule has 1 heterocycles. The van der Waals surface area contributed by atoms with Crippen LogP contribution < -0.4 is 34.6 Å². The lowest BCUT2D eigenvalue weighted by molar-refractivity contribution is -0.00000391. The van der Waals surface area contributed by atoms with Gasteiger partial charge in [0.25, 0.3) is 0 Å². The molecular weight excluding hydrogens is 374 g/mol. The van der Waals surface area contributed by atoms with E-state index in [0.29, 0.717) is 0 Å². The third-order valence-electron chi connectivity index (χ3n) is 4.24. The molecule has 0 N–H and O–H groups in total. The van der Waals surface area contributed by atoms with Crippen LogP contribution in [0.2, 0.25) is 0 Å². The third-order valence-corrected chi connectivity index (χ3v) is 8.85. The van der Waals surface area contributed by atoms with Gasteiger partial charge in [-0.05, 0) is 49.3 Å². The lowest BCUT2D eigenvalue weighted by Crippen LogP contribution is -3.00. The fourth-order valence-corrected chi connectivity index (χ4v) is 7.86. The van der Waals surface area contributed by atoms with Crippen molar-refractivity contribution >= 4 is 17.9 Å². The van der Waals surface area contributed by atoms with Crippen molar-refractivity contribution in [1.82, 2.24) is 0 Å². The quantitative estimate of drug-likeness (QED) is 0.405. The van der Waals surface area contributed by atoms with Crippen LogP contribution in [-0.4, -0.2) is 12.3 Å². The summed E-state index contributed by atoms with van der Waals surface area (Å²) in [4.78, 5) is 0. The smallest absolute Gasteiger partial charge is 0.0998 e. The molecule has 1 aliphatic rings. The van der Waals surface area contributed by atoms with Gasteiger partial charge in [-0.2, -0.15) is 0 Å². The Balaban J connectivity index is 0.00000147. The molecule has 0 aromatic heterocycles. The highest BCUT2D eigenvalue weighted by atomic mass is 127. The fourth-order valence-electron chi connectivity index (χ4n) is 3.08. The molecule has 2 aromatic carbocycles. The molecule has 0 bridgehead atoms. The van der Waals surface area contributed by atoms with E-state index in [2.05, 4.69) is 74.5 Å². The van der Waals surface area contributed by atoms with E-state index in [0.717, 1.165) is 0 Å². The first-order valence-electron chi connectivity index (χ1n) is 6.86. The molecule has 0 unspecified atom stereocenters. The van der Waals surface area contributed by atoms with Crippen LogP contribution in [0.15, 0.2) is 71.8 Å². The summed E-state index contributed by atoms with van der Waals surface area (Å²) in [6.45, 7) is 4.62. The maximum absolute atomic E-state index is 2.33. The van der Waals surface area contributed by atoms with E-state index < -0.39 is 7.26 Å². The van der Waals surface area contributed by atoms with Gasteiger partial charge < -0.3 is 24.0 Å². The molecule has 0 spiro atoms. The second-order valence-corrected chi connectivity index (χ2v) is 9.12. The summed E-state index contributed by atoms with van der Waals surface area (Å²) >= 11 is 0. The monoisotopic (exact) mass is 394 g/mol. The number of allylic oxidation sites excluding steroid dienone is 2. The highest BCUT2D eigenvalue weighted by Gasteiger charge is 2.47. The van der Waals surface area contributed by atoms with Gasteiger partial charge in [0.1, 0.15) is 0 Å². The highest BCUT2D eigenvalue weighted by Crippen LogP contribution is 2.62. The normalized spacial score (nSPS) is 16.9. The Morgan fingerprint density at radius 2 is 1.00 bits per heavy atom. The van der Waals surface area contributed by atoms with Crippen LogP contribution in [0, 0.1) is 0 Å². The first-order chi connectivity index (χ1) is 9.22. The molecule has 1 aliphatic heterocycles. The molecule has 0 fully saturated rings. The van der Waals surface area contributed by atoms with E-state index in [4.69, 9.17) is 0 Å². The SMILES string of the molecule is CC1=C(C)C[P+](c2ccccc2)(c2ccccc2)C1.[I-]. The summed E-state index contributed by atoms with van der Waals surface area (Å²) in [6.07, 6.45) is 2.51. The molecule has 3 rings (SSSR count). The minimum Gasteiger partial charge on any atom is -1.00 e.